The maximum Gasteiger partial charge on any atom is 0.129 e. The van der Waals surface area contributed by atoms with Crippen LogP contribution in [0.25, 0.3) is 0 Å². The Kier molecular flexibility index (Phi) is 3.46. The molecule has 0 aliphatic rings. The Hall–Kier alpha value is -1.35. The van der Waals surface area contributed by atoms with Crippen LogP contribution in [-0.4, -0.2) is 25.1 Å². The Morgan fingerprint density at radius 3 is 2.92 bits per heavy atom. The Morgan fingerprint density at radius 1 is 1.62 bits per heavy atom. The molecular formula is C10H12O3. The van der Waals surface area contributed by atoms with Gasteiger partial charge in [-0.05, 0) is 17.7 Å². The lowest BCUT2D eigenvalue weighted by molar-refractivity contribution is -0.109. The summed E-state index contributed by atoms with van der Waals surface area (Å²) < 4.78 is 5.00. The van der Waals surface area contributed by atoms with Crippen molar-refractivity contribution in [3.05, 3.63) is 29.8 Å². The zero-order valence-corrected chi connectivity index (χ0v) is 7.43. The predicted molar refractivity (Wildman–Crippen MR) is 48.9 cm³/mol. The highest BCUT2D eigenvalue weighted by atomic mass is 16.5. The molecule has 1 rings (SSSR count). The van der Waals surface area contributed by atoms with Crippen LogP contribution in [0.5, 0.6) is 5.75 Å². The van der Waals surface area contributed by atoms with Crippen LogP contribution in [0.2, 0.25) is 0 Å². The van der Waals surface area contributed by atoms with Crippen LogP contribution < -0.4 is 4.74 Å². The topological polar surface area (TPSA) is 46.5 Å². The van der Waals surface area contributed by atoms with Crippen molar-refractivity contribution < 1.29 is 14.6 Å². The zero-order valence-electron chi connectivity index (χ0n) is 7.43. The van der Waals surface area contributed by atoms with E-state index in [1.807, 2.05) is 0 Å². The number of hydrogen-bond acceptors (Lipinski definition) is 3. The summed E-state index contributed by atoms with van der Waals surface area (Å²) >= 11 is 0. The Bertz CT molecular complexity index is 283. The van der Waals surface area contributed by atoms with Crippen molar-refractivity contribution in [3.63, 3.8) is 0 Å². The Balaban J connectivity index is 2.92. The van der Waals surface area contributed by atoms with Crippen LogP contribution in [0, 0.1) is 0 Å². The predicted octanol–water partition coefficient (Wildman–Crippen LogP) is 0.970. The number of ether oxygens (including phenoxy) is 1. The number of rotatable bonds is 4. The molecule has 0 heterocycles. The van der Waals surface area contributed by atoms with E-state index in [4.69, 9.17) is 9.84 Å². The van der Waals surface area contributed by atoms with Crippen molar-refractivity contribution in [2.75, 3.05) is 13.7 Å². The first kappa shape index (κ1) is 9.74. The summed E-state index contributed by atoms with van der Waals surface area (Å²) in [6.45, 7) is -0.170. The summed E-state index contributed by atoms with van der Waals surface area (Å²) in [6, 6.07) is 7.12. The van der Waals surface area contributed by atoms with E-state index in [9.17, 15) is 4.79 Å². The second-order valence-electron chi connectivity index (χ2n) is 2.70. The van der Waals surface area contributed by atoms with Gasteiger partial charge in [0.1, 0.15) is 12.0 Å². The lowest BCUT2D eigenvalue weighted by Gasteiger charge is -2.08. The third kappa shape index (κ3) is 2.29. The van der Waals surface area contributed by atoms with Crippen molar-refractivity contribution in [3.8, 4) is 5.75 Å². The molecule has 0 saturated carbocycles. The minimum atomic E-state index is -0.449. The van der Waals surface area contributed by atoms with Gasteiger partial charge in [0.25, 0.3) is 0 Å². The van der Waals surface area contributed by atoms with Gasteiger partial charge in [-0.1, -0.05) is 12.1 Å². The number of hydrogen-bond donors (Lipinski definition) is 1. The molecule has 70 valence electrons. The SMILES string of the molecule is COc1cccc(C(C=O)CO)c1. The molecule has 0 fully saturated rings. The molecule has 1 aromatic rings. The van der Waals surface area contributed by atoms with Gasteiger partial charge in [-0.25, -0.2) is 0 Å². The average Bonchev–Trinajstić information content (AvgIpc) is 2.20. The van der Waals surface area contributed by atoms with Crippen molar-refractivity contribution in [2.24, 2.45) is 0 Å². The largest absolute Gasteiger partial charge is 0.497 e. The molecular weight excluding hydrogens is 168 g/mol. The van der Waals surface area contributed by atoms with Gasteiger partial charge in [0.2, 0.25) is 0 Å². The van der Waals surface area contributed by atoms with Gasteiger partial charge < -0.3 is 14.6 Å². The van der Waals surface area contributed by atoms with Crippen molar-refractivity contribution in [1.82, 2.24) is 0 Å². The highest BCUT2D eigenvalue weighted by molar-refractivity contribution is 5.62. The molecule has 3 heteroatoms. The second kappa shape index (κ2) is 4.62. The molecule has 0 saturated heterocycles. The first-order chi connectivity index (χ1) is 6.31. The average molecular weight is 180 g/mol. The summed E-state index contributed by atoms with van der Waals surface area (Å²) in [5, 5.41) is 8.87. The van der Waals surface area contributed by atoms with E-state index in [0.29, 0.717) is 5.75 Å². The van der Waals surface area contributed by atoms with Crippen LogP contribution in [0.15, 0.2) is 24.3 Å². The third-order valence-electron chi connectivity index (χ3n) is 1.88. The van der Waals surface area contributed by atoms with Gasteiger partial charge in [-0.15, -0.1) is 0 Å². The van der Waals surface area contributed by atoms with Gasteiger partial charge in [-0.3, -0.25) is 0 Å². The highest BCUT2D eigenvalue weighted by Crippen LogP contribution is 2.18. The number of aliphatic hydroxyl groups is 1. The van der Waals surface area contributed by atoms with Gasteiger partial charge in [0.05, 0.1) is 19.6 Å². The maximum absolute atomic E-state index is 10.5. The van der Waals surface area contributed by atoms with Crippen LogP contribution in [-0.2, 0) is 4.79 Å². The third-order valence-corrected chi connectivity index (χ3v) is 1.88. The van der Waals surface area contributed by atoms with Gasteiger partial charge in [0, 0.05) is 0 Å². The first-order valence-electron chi connectivity index (χ1n) is 4.02. The van der Waals surface area contributed by atoms with E-state index >= 15 is 0 Å². The molecule has 1 N–H and O–H groups in total. The quantitative estimate of drug-likeness (QED) is 0.702. The summed E-state index contributed by atoms with van der Waals surface area (Å²) in [5.74, 6) is 0.243. The summed E-state index contributed by atoms with van der Waals surface area (Å²) in [7, 11) is 1.56. The maximum atomic E-state index is 10.5. The fraction of sp³-hybridized carbons (Fsp3) is 0.300. The first-order valence-corrected chi connectivity index (χ1v) is 4.02. The van der Waals surface area contributed by atoms with Crippen molar-refractivity contribution in [2.45, 2.75) is 5.92 Å². The van der Waals surface area contributed by atoms with Crippen molar-refractivity contribution >= 4 is 6.29 Å². The molecule has 3 nitrogen and oxygen atoms in total. The van der Waals surface area contributed by atoms with E-state index in [1.165, 1.54) is 0 Å². The van der Waals surface area contributed by atoms with Crippen LogP contribution in [0.1, 0.15) is 11.5 Å². The molecule has 1 aromatic carbocycles. The fourth-order valence-corrected chi connectivity index (χ4v) is 1.10. The molecule has 1 atom stereocenters. The smallest absolute Gasteiger partial charge is 0.129 e. The van der Waals surface area contributed by atoms with E-state index in [0.717, 1.165) is 11.8 Å². The second-order valence-corrected chi connectivity index (χ2v) is 2.70. The molecule has 0 amide bonds. The number of carbonyl (C=O) groups is 1. The number of carbonyl (C=O) groups excluding carboxylic acids is 1. The van der Waals surface area contributed by atoms with Gasteiger partial charge in [-0.2, -0.15) is 0 Å². The summed E-state index contributed by atoms with van der Waals surface area (Å²) in [6.07, 6.45) is 0.731. The Labute approximate surface area is 77.0 Å². The van der Waals surface area contributed by atoms with Gasteiger partial charge in [0.15, 0.2) is 0 Å². The molecule has 0 spiro atoms. The minimum Gasteiger partial charge on any atom is -0.497 e. The fourth-order valence-electron chi connectivity index (χ4n) is 1.10. The van der Waals surface area contributed by atoms with Crippen LogP contribution in [0.4, 0.5) is 0 Å². The molecule has 0 aliphatic heterocycles. The number of methoxy groups -OCH3 is 1. The standard InChI is InChI=1S/C10H12O3/c1-13-10-4-2-3-8(5-10)9(6-11)7-12/h2-6,9,12H,7H2,1H3. The normalized spacial score (nSPS) is 12.2. The Morgan fingerprint density at radius 2 is 2.38 bits per heavy atom. The highest BCUT2D eigenvalue weighted by Gasteiger charge is 2.08. The molecule has 0 aromatic heterocycles. The van der Waals surface area contributed by atoms with Gasteiger partial charge >= 0.3 is 0 Å². The molecule has 13 heavy (non-hydrogen) atoms. The molecule has 1 unspecified atom stereocenters. The number of aliphatic hydroxyl groups excluding tert-OH is 1. The lowest BCUT2D eigenvalue weighted by atomic mass is 10.0. The minimum absolute atomic E-state index is 0.170. The summed E-state index contributed by atoms with van der Waals surface area (Å²) in [4.78, 5) is 10.5. The molecule has 0 bridgehead atoms. The van der Waals surface area contributed by atoms with Crippen molar-refractivity contribution in [1.29, 1.82) is 0 Å². The molecule has 0 radical (unpaired) electrons. The number of benzene rings is 1. The number of aldehydes is 1. The molecule has 0 aliphatic carbocycles. The van der Waals surface area contributed by atoms with E-state index in [-0.39, 0.29) is 6.61 Å². The van der Waals surface area contributed by atoms with E-state index in [2.05, 4.69) is 0 Å². The van der Waals surface area contributed by atoms with Crippen LogP contribution >= 0.6 is 0 Å². The summed E-state index contributed by atoms with van der Waals surface area (Å²) in [5.41, 5.74) is 0.775. The lowest BCUT2D eigenvalue weighted by Crippen LogP contribution is -2.05. The van der Waals surface area contributed by atoms with E-state index in [1.54, 1.807) is 31.4 Å². The monoisotopic (exact) mass is 180 g/mol. The van der Waals surface area contributed by atoms with E-state index < -0.39 is 5.92 Å². The van der Waals surface area contributed by atoms with Crippen LogP contribution in [0.3, 0.4) is 0 Å². The zero-order chi connectivity index (χ0) is 9.68.